The van der Waals surface area contributed by atoms with Crippen LogP contribution in [0.4, 0.5) is 5.69 Å². The second-order valence-electron chi connectivity index (χ2n) is 6.05. The predicted octanol–water partition coefficient (Wildman–Crippen LogP) is 3.78. The summed E-state index contributed by atoms with van der Waals surface area (Å²) in [4.78, 5) is 12.0. The molecule has 0 spiro atoms. The molecule has 4 heteroatoms. The molecule has 2 rings (SSSR count). The van der Waals surface area contributed by atoms with Gasteiger partial charge in [0.05, 0.1) is 5.92 Å². The van der Waals surface area contributed by atoms with Gasteiger partial charge in [0.1, 0.15) is 0 Å². The molecule has 0 heterocycles. The van der Waals surface area contributed by atoms with Crippen LogP contribution in [0.1, 0.15) is 45.1 Å². The zero-order valence-corrected chi connectivity index (χ0v) is 13.8. The van der Waals surface area contributed by atoms with Gasteiger partial charge in [-0.2, -0.15) is 11.8 Å². The third-order valence-corrected chi connectivity index (χ3v) is 5.63. The van der Waals surface area contributed by atoms with Gasteiger partial charge in [0.25, 0.3) is 0 Å². The number of carbonyl (C=O) groups is 1. The summed E-state index contributed by atoms with van der Waals surface area (Å²) in [5.41, 5.74) is 7.92. The van der Waals surface area contributed by atoms with E-state index in [1.807, 2.05) is 37.7 Å². The van der Waals surface area contributed by atoms with Crippen molar-refractivity contribution in [2.45, 2.75) is 56.6 Å². The largest absolute Gasteiger partial charge is 0.327 e. The summed E-state index contributed by atoms with van der Waals surface area (Å²) in [6, 6.07) is 8.03. The lowest BCUT2D eigenvalue weighted by atomic mass is 10.0. The summed E-state index contributed by atoms with van der Waals surface area (Å²) in [5.74, 6) is 0.837. The van der Waals surface area contributed by atoms with Crippen LogP contribution in [0, 0.1) is 5.92 Å². The Hall–Kier alpha value is -1.00. The van der Waals surface area contributed by atoms with Gasteiger partial charge in [-0.1, -0.05) is 31.9 Å². The molecule has 0 aliphatic heterocycles. The molecule has 1 amide bonds. The summed E-state index contributed by atoms with van der Waals surface area (Å²) in [6.45, 7) is 3.72. The number of rotatable bonds is 6. The molecule has 3 nitrogen and oxygen atoms in total. The molecule has 1 fully saturated rings. The van der Waals surface area contributed by atoms with Crippen LogP contribution in [0.5, 0.6) is 0 Å². The van der Waals surface area contributed by atoms with Crippen molar-refractivity contribution >= 4 is 23.4 Å². The van der Waals surface area contributed by atoms with Crippen LogP contribution in [0.2, 0.25) is 0 Å². The van der Waals surface area contributed by atoms with Crippen molar-refractivity contribution in [2.24, 2.45) is 11.7 Å². The van der Waals surface area contributed by atoms with Crippen LogP contribution in [0.15, 0.2) is 24.3 Å². The summed E-state index contributed by atoms with van der Waals surface area (Å²) in [7, 11) is 0. The van der Waals surface area contributed by atoms with E-state index in [-0.39, 0.29) is 17.9 Å². The van der Waals surface area contributed by atoms with Gasteiger partial charge in [-0.25, -0.2) is 0 Å². The van der Waals surface area contributed by atoms with E-state index in [1.54, 1.807) is 0 Å². The van der Waals surface area contributed by atoms with Crippen LogP contribution in [0.3, 0.4) is 0 Å². The van der Waals surface area contributed by atoms with Gasteiger partial charge in [0, 0.05) is 22.7 Å². The first-order valence-electron chi connectivity index (χ1n) is 7.83. The van der Waals surface area contributed by atoms with Crippen molar-refractivity contribution < 1.29 is 4.79 Å². The summed E-state index contributed by atoms with van der Waals surface area (Å²) in [5, 5.41) is 3.78. The van der Waals surface area contributed by atoms with E-state index in [4.69, 9.17) is 5.73 Å². The van der Waals surface area contributed by atoms with E-state index in [0.717, 1.165) is 16.7 Å². The number of benzene rings is 1. The Labute approximate surface area is 132 Å². The molecule has 1 aromatic rings. The third-order valence-electron chi connectivity index (χ3n) is 4.18. The fraction of sp³-hybridized carbons (Fsp3) is 0.588. The first-order chi connectivity index (χ1) is 10.1. The number of amides is 1. The molecule has 1 saturated carbocycles. The van der Waals surface area contributed by atoms with Gasteiger partial charge in [-0.3, -0.25) is 4.79 Å². The number of thioether (sulfide) groups is 1. The highest BCUT2D eigenvalue weighted by Gasteiger charge is 2.17. The molecule has 1 aliphatic carbocycles. The Bertz CT molecular complexity index is 470. The monoisotopic (exact) mass is 306 g/mol. The quantitative estimate of drug-likeness (QED) is 0.841. The number of hydrogen-bond acceptors (Lipinski definition) is 3. The maximum Gasteiger partial charge on any atom is 0.228 e. The molecule has 116 valence electrons. The Morgan fingerprint density at radius 3 is 2.76 bits per heavy atom. The Kier molecular flexibility index (Phi) is 6.12. The molecule has 0 radical (unpaired) electrons. The van der Waals surface area contributed by atoms with E-state index < -0.39 is 0 Å². The number of hydrogen-bond donors (Lipinski definition) is 2. The lowest BCUT2D eigenvalue weighted by Gasteiger charge is -2.16. The predicted molar refractivity (Wildman–Crippen MR) is 91.4 cm³/mol. The van der Waals surface area contributed by atoms with Crippen molar-refractivity contribution in [3.05, 3.63) is 29.8 Å². The SMILES string of the molecule is CC(N)C(C)C(=O)Nc1cccc(CSC2CCCC2)c1. The number of anilines is 1. The first kappa shape index (κ1) is 16.4. The molecule has 21 heavy (non-hydrogen) atoms. The fourth-order valence-corrected chi connectivity index (χ4v) is 3.78. The van der Waals surface area contributed by atoms with Crippen LogP contribution in [0.25, 0.3) is 0 Å². The molecule has 0 saturated heterocycles. The fourth-order valence-electron chi connectivity index (χ4n) is 2.50. The second kappa shape index (κ2) is 7.85. The topological polar surface area (TPSA) is 55.1 Å². The number of nitrogens with one attached hydrogen (secondary N) is 1. The highest BCUT2D eigenvalue weighted by atomic mass is 32.2. The highest BCUT2D eigenvalue weighted by Crippen LogP contribution is 2.31. The zero-order chi connectivity index (χ0) is 15.2. The van der Waals surface area contributed by atoms with Crippen LogP contribution < -0.4 is 11.1 Å². The molecule has 0 aromatic heterocycles. The standard InChI is InChI=1S/C17H26N2OS/c1-12(13(2)18)17(20)19-15-7-5-6-14(10-15)11-21-16-8-3-4-9-16/h5-7,10,12-13,16H,3-4,8-9,11,18H2,1-2H3,(H,19,20). The van der Waals surface area contributed by atoms with Crippen LogP contribution >= 0.6 is 11.8 Å². The Morgan fingerprint density at radius 2 is 2.10 bits per heavy atom. The lowest BCUT2D eigenvalue weighted by Crippen LogP contribution is -2.34. The van der Waals surface area contributed by atoms with E-state index in [0.29, 0.717) is 0 Å². The Morgan fingerprint density at radius 1 is 1.38 bits per heavy atom. The lowest BCUT2D eigenvalue weighted by molar-refractivity contribution is -0.119. The van der Waals surface area contributed by atoms with Crippen molar-refractivity contribution in [2.75, 3.05) is 5.32 Å². The van der Waals surface area contributed by atoms with Crippen molar-refractivity contribution in [1.82, 2.24) is 0 Å². The average molecular weight is 306 g/mol. The van der Waals surface area contributed by atoms with Crippen molar-refractivity contribution in [3.8, 4) is 0 Å². The summed E-state index contributed by atoms with van der Waals surface area (Å²) in [6.07, 6.45) is 5.46. The minimum atomic E-state index is -0.179. The third kappa shape index (κ3) is 5.04. The molecular formula is C17H26N2OS. The van der Waals surface area contributed by atoms with E-state index in [2.05, 4.69) is 17.4 Å². The summed E-state index contributed by atoms with van der Waals surface area (Å²) >= 11 is 2.04. The second-order valence-corrected chi connectivity index (χ2v) is 7.34. The van der Waals surface area contributed by atoms with Gasteiger partial charge in [0.2, 0.25) is 5.91 Å². The van der Waals surface area contributed by atoms with Crippen molar-refractivity contribution in [1.29, 1.82) is 0 Å². The van der Waals surface area contributed by atoms with E-state index in [9.17, 15) is 4.79 Å². The smallest absolute Gasteiger partial charge is 0.228 e. The molecule has 2 unspecified atom stereocenters. The maximum absolute atomic E-state index is 12.0. The van der Waals surface area contributed by atoms with Crippen LogP contribution in [-0.4, -0.2) is 17.2 Å². The van der Waals surface area contributed by atoms with E-state index >= 15 is 0 Å². The molecule has 1 aromatic carbocycles. The average Bonchev–Trinajstić information content (AvgIpc) is 2.98. The first-order valence-corrected chi connectivity index (χ1v) is 8.88. The minimum Gasteiger partial charge on any atom is -0.327 e. The van der Waals surface area contributed by atoms with Crippen molar-refractivity contribution in [3.63, 3.8) is 0 Å². The highest BCUT2D eigenvalue weighted by molar-refractivity contribution is 7.99. The number of carbonyl (C=O) groups excluding carboxylic acids is 1. The van der Waals surface area contributed by atoms with Gasteiger partial charge in [-0.05, 0) is 37.5 Å². The zero-order valence-electron chi connectivity index (χ0n) is 13.0. The van der Waals surface area contributed by atoms with Gasteiger partial charge >= 0.3 is 0 Å². The van der Waals surface area contributed by atoms with Gasteiger partial charge in [-0.15, -0.1) is 0 Å². The normalized spacial score (nSPS) is 18.4. The molecular weight excluding hydrogens is 280 g/mol. The Balaban J connectivity index is 1.89. The maximum atomic E-state index is 12.0. The molecule has 0 bridgehead atoms. The molecule has 1 aliphatic rings. The molecule has 3 N–H and O–H groups in total. The van der Waals surface area contributed by atoms with Gasteiger partial charge < -0.3 is 11.1 Å². The minimum absolute atomic E-state index is 0.00871. The molecule has 2 atom stereocenters. The number of nitrogens with two attached hydrogens (primary N) is 1. The van der Waals surface area contributed by atoms with E-state index in [1.165, 1.54) is 31.2 Å². The van der Waals surface area contributed by atoms with Crippen LogP contribution in [-0.2, 0) is 10.5 Å². The van der Waals surface area contributed by atoms with Gasteiger partial charge in [0.15, 0.2) is 0 Å². The summed E-state index contributed by atoms with van der Waals surface area (Å²) < 4.78 is 0.